The zero-order chi connectivity index (χ0) is 23.4. The molecule has 1 unspecified atom stereocenters. The van der Waals surface area contributed by atoms with Crippen LogP contribution in [0.1, 0.15) is 42.6 Å². The van der Waals surface area contributed by atoms with E-state index in [9.17, 15) is 17.8 Å². The van der Waals surface area contributed by atoms with Gasteiger partial charge >= 0.3 is 7.60 Å². The third kappa shape index (κ3) is 4.83. The lowest BCUT2D eigenvalue weighted by molar-refractivity contribution is 0.104. The van der Waals surface area contributed by atoms with Crippen LogP contribution in [0.5, 0.6) is 0 Å². The van der Waals surface area contributed by atoms with E-state index in [4.69, 9.17) is 9.05 Å². The molecular formula is C22H25BrNO6PS. The van der Waals surface area contributed by atoms with Gasteiger partial charge in [-0.1, -0.05) is 54.0 Å². The van der Waals surface area contributed by atoms with Gasteiger partial charge in [-0.2, -0.15) is 4.72 Å². The van der Waals surface area contributed by atoms with Crippen molar-refractivity contribution in [3.63, 3.8) is 0 Å². The molecule has 0 saturated heterocycles. The highest BCUT2D eigenvalue weighted by atomic mass is 79.9. The van der Waals surface area contributed by atoms with Crippen LogP contribution < -0.4 is 4.72 Å². The van der Waals surface area contributed by atoms with Gasteiger partial charge in [-0.3, -0.25) is 9.36 Å². The SMILES string of the molecule is CCCOP(=O)(OCCC)C1(NS(=O)(=O)c2ccc(Br)cc2)C=CC(=O)c2ccccc21. The van der Waals surface area contributed by atoms with E-state index in [2.05, 4.69) is 20.7 Å². The van der Waals surface area contributed by atoms with Gasteiger partial charge in [0, 0.05) is 15.6 Å². The number of carbonyl (C=O) groups is 1. The van der Waals surface area contributed by atoms with Crippen molar-refractivity contribution in [2.75, 3.05) is 13.2 Å². The van der Waals surface area contributed by atoms with E-state index in [0.29, 0.717) is 17.3 Å². The Morgan fingerprint density at radius 1 is 1.00 bits per heavy atom. The molecule has 3 rings (SSSR count). The van der Waals surface area contributed by atoms with Crippen LogP contribution in [-0.2, 0) is 28.9 Å². The minimum Gasteiger partial charge on any atom is -0.307 e. The van der Waals surface area contributed by atoms with Gasteiger partial charge in [0.15, 0.2) is 11.1 Å². The van der Waals surface area contributed by atoms with Crippen molar-refractivity contribution in [1.29, 1.82) is 0 Å². The fourth-order valence-corrected chi connectivity index (χ4v) is 7.68. The summed E-state index contributed by atoms with van der Waals surface area (Å²) in [5, 5.41) is -1.91. The Kier molecular flexibility index (Phi) is 7.91. The number of ketones is 1. The molecule has 0 fully saturated rings. The molecule has 10 heteroatoms. The second-order valence-electron chi connectivity index (χ2n) is 7.23. The Balaban J connectivity index is 2.24. The molecule has 0 heterocycles. The maximum atomic E-state index is 14.3. The lowest BCUT2D eigenvalue weighted by atomic mass is 9.92. The molecule has 0 amide bonds. The summed E-state index contributed by atoms with van der Waals surface area (Å²) in [6.45, 7) is 3.87. The fourth-order valence-electron chi connectivity index (χ4n) is 3.33. The van der Waals surface area contributed by atoms with Crippen LogP contribution in [0.15, 0.2) is 70.1 Å². The summed E-state index contributed by atoms with van der Waals surface area (Å²) >= 11 is 3.29. The van der Waals surface area contributed by atoms with Gasteiger partial charge in [0.1, 0.15) is 0 Å². The molecule has 2 aromatic carbocycles. The van der Waals surface area contributed by atoms with E-state index in [0.717, 1.165) is 0 Å². The van der Waals surface area contributed by atoms with Crippen LogP contribution in [-0.4, -0.2) is 27.4 Å². The van der Waals surface area contributed by atoms with Crippen molar-refractivity contribution in [3.05, 3.63) is 76.3 Å². The molecule has 0 saturated carbocycles. The topological polar surface area (TPSA) is 98.8 Å². The van der Waals surface area contributed by atoms with E-state index in [-0.39, 0.29) is 35.0 Å². The smallest absolute Gasteiger partial charge is 0.307 e. The first kappa shape index (κ1) is 25.0. The number of hydrogen-bond acceptors (Lipinski definition) is 6. The molecule has 0 radical (unpaired) electrons. The number of carbonyl (C=O) groups excluding carboxylic acids is 1. The molecule has 1 atom stereocenters. The third-order valence-electron chi connectivity index (χ3n) is 4.86. The normalized spacial score (nSPS) is 18.5. The highest BCUT2D eigenvalue weighted by Crippen LogP contribution is 2.66. The fraction of sp³-hybridized carbons (Fsp3) is 0.318. The van der Waals surface area contributed by atoms with Crippen LogP contribution in [0.3, 0.4) is 0 Å². The number of rotatable bonds is 10. The van der Waals surface area contributed by atoms with Crippen molar-refractivity contribution >= 4 is 39.3 Å². The van der Waals surface area contributed by atoms with Crippen LogP contribution in [0.4, 0.5) is 0 Å². The number of sulfonamides is 1. The van der Waals surface area contributed by atoms with E-state index in [1.54, 1.807) is 36.4 Å². The minimum absolute atomic E-state index is 0.0274. The van der Waals surface area contributed by atoms with Crippen molar-refractivity contribution in [1.82, 2.24) is 4.72 Å². The van der Waals surface area contributed by atoms with Crippen LogP contribution in [0, 0.1) is 0 Å². The quantitative estimate of drug-likeness (QED) is 0.405. The molecule has 0 aromatic heterocycles. The van der Waals surface area contributed by atoms with Crippen molar-refractivity contribution < 1.29 is 26.8 Å². The number of fused-ring (bicyclic) bond motifs is 1. The average molecular weight is 542 g/mol. The first-order valence-corrected chi connectivity index (χ1v) is 14.0. The highest BCUT2D eigenvalue weighted by molar-refractivity contribution is 9.10. The number of allylic oxidation sites excluding steroid dienone is 1. The average Bonchev–Trinajstić information content (AvgIpc) is 2.78. The molecule has 1 N–H and O–H groups in total. The number of benzene rings is 2. The molecule has 1 aliphatic rings. The Morgan fingerprint density at radius 2 is 1.59 bits per heavy atom. The molecule has 2 aromatic rings. The predicted octanol–water partition coefficient (Wildman–Crippen LogP) is 5.38. The first-order valence-electron chi connectivity index (χ1n) is 10.2. The third-order valence-corrected chi connectivity index (χ3v) is 9.43. The van der Waals surface area contributed by atoms with Gasteiger partial charge in [-0.15, -0.1) is 0 Å². The van der Waals surface area contributed by atoms with E-state index in [1.807, 2.05) is 13.8 Å². The highest BCUT2D eigenvalue weighted by Gasteiger charge is 2.56. The van der Waals surface area contributed by atoms with Crippen LogP contribution in [0.2, 0.25) is 0 Å². The summed E-state index contributed by atoms with van der Waals surface area (Å²) < 4.78 is 56.0. The Bertz CT molecular complexity index is 1150. The maximum Gasteiger partial charge on any atom is 0.360 e. The second kappa shape index (κ2) is 10.1. The van der Waals surface area contributed by atoms with E-state index < -0.39 is 22.9 Å². The summed E-state index contributed by atoms with van der Waals surface area (Å²) in [6, 6.07) is 12.5. The first-order chi connectivity index (χ1) is 15.2. The van der Waals surface area contributed by atoms with Crippen molar-refractivity contribution in [2.24, 2.45) is 0 Å². The molecular weight excluding hydrogens is 517 g/mol. The molecule has 7 nitrogen and oxygen atoms in total. The largest absolute Gasteiger partial charge is 0.360 e. The van der Waals surface area contributed by atoms with Gasteiger partial charge in [0.25, 0.3) is 0 Å². The number of hydrogen-bond donors (Lipinski definition) is 1. The summed E-state index contributed by atoms with van der Waals surface area (Å²) in [5.41, 5.74) is 0.456. The number of halogens is 1. The Labute approximate surface area is 196 Å². The van der Waals surface area contributed by atoms with Crippen LogP contribution >= 0.6 is 23.5 Å². The van der Waals surface area contributed by atoms with Gasteiger partial charge in [0.05, 0.1) is 18.1 Å². The zero-order valence-corrected chi connectivity index (χ0v) is 21.1. The van der Waals surface area contributed by atoms with Crippen molar-refractivity contribution in [2.45, 2.75) is 36.9 Å². The van der Waals surface area contributed by atoms with Gasteiger partial charge in [0.2, 0.25) is 10.0 Å². The molecule has 1 aliphatic carbocycles. The number of nitrogens with one attached hydrogen (secondary N) is 1. The van der Waals surface area contributed by atoms with Crippen molar-refractivity contribution in [3.8, 4) is 0 Å². The summed E-state index contributed by atoms with van der Waals surface area (Å²) in [7, 11) is -8.38. The van der Waals surface area contributed by atoms with E-state index >= 15 is 0 Å². The Morgan fingerprint density at radius 3 is 2.19 bits per heavy atom. The monoisotopic (exact) mass is 541 g/mol. The molecule has 0 spiro atoms. The summed E-state index contributed by atoms with van der Waals surface area (Å²) in [4.78, 5) is 12.5. The maximum absolute atomic E-state index is 14.3. The van der Waals surface area contributed by atoms with Crippen LogP contribution in [0.25, 0.3) is 0 Å². The molecule has 0 bridgehead atoms. The zero-order valence-electron chi connectivity index (χ0n) is 17.8. The molecule has 172 valence electrons. The Hall–Kier alpha value is -1.61. The molecule has 32 heavy (non-hydrogen) atoms. The van der Waals surface area contributed by atoms with Gasteiger partial charge in [-0.25, -0.2) is 8.42 Å². The van der Waals surface area contributed by atoms with Gasteiger partial charge in [-0.05, 0) is 49.3 Å². The summed E-state index contributed by atoms with van der Waals surface area (Å²) in [5.74, 6) is -0.323. The van der Waals surface area contributed by atoms with Gasteiger partial charge < -0.3 is 9.05 Å². The standard InChI is InChI=1S/C22H25BrNO6PS/c1-3-15-29-31(26,30-16-4-2)22(14-13-21(25)19-7-5-6-8-20(19)22)24-32(27,28)18-11-9-17(23)10-12-18/h5-14,24H,3-4,15-16H2,1-2H3. The lowest BCUT2D eigenvalue weighted by Crippen LogP contribution is -2.47. The second-order valence-corrected chi connectivity index (χ2v) is 12.0. The van der Waals surface area contributed by atoms with E-state index in [1.165, 1.54) is 24.3 Å². The molecule has 0 aliphatic heterocycles. The lowest BCUT2D eigenvalue weighted by Gasteiger charge is -2.39. The predicted molar refractivity (Wildman–Crippen MR) is 126 cm³/mol. The minimum atomic E-state index is -4.19. The summed E-state index contributed by atoms with van der Waals surface area (Å²) in [6.07, 6.45) is 3.59.